The number of alkyl halides is 3. The Hall–Kier alpha value is -2.83. The van der Waals surface area contributed by atoms with Gasteiger partial charge in [0.25, 0.3) is 5.91 Å². The summed E-state index contributed by atoms with van der Waals surface area (Å²) >= 11 is 0. The fourth-order valence-electron chi connectivity index (χ4n) is 3.41. The fraction of sp³-hybridized carbons (Fsp3) is 0.364. The minimum atomic E-state index is -4.46. The number of nitrogens with zero attached hydrogens (tertiary/aromatic N) is 2. The maximum atomic E-state index is 12.9. The lowest BCUT2D eigenvalue weighted by Crippen LogP contribution is -2.57. The SMILES string of the molecule is CC(C)c1ccc(N2CCN(C(=O)c3ccc(C(F)(F)F)cc3)C(C)C2=O)cc1. The van der Waals surface area contributed by atoms with Crippen LogP contribution in [0.15, 0.2) is 48.5 Å². The number of halogens is 3. The summed E-state index contributed by atoms with van der Waals surface area (Å²) in [5.74, 6) is -0.278. The van der Waals surface area contributed by atoms with Crippen LogP contribution in [-0.2, 0) is 11.0 Å². The predicted octanol–water partition coefficient (Wildman–Crippen LogP) is 4.71. The Kier molecular flexibility index (Phi) is 5.68. The van der Waals surface area contributed by atoms with E-state index < -0.39 is 23.7 Å². The Morgan fingerprint density at radius 2 is 1.59 bits per heavy atom. The average Bonchev–Trinajstić information content (AvgIpc) is 2.69. The first-order chi connectivity index (χ1) is 13.6. The summed E-state index contributed by atoms with van der Waals surface area (Å²) in [7, 11) is 0. The highest BCUT2D eigenvalue weighted by atomic mass is 19.4. The lowest BCUT2D eigenvalue weighted by molar-refractivity contribution is -0.137. The van der Waals surface area contributed by atoms with Gasteiger partial charge in [-0.25, -0.2) is 0 Å². The lowest BCUT2D eigenvalue weighted by atomic mass is 10.0. The molecule has 2 aromatic rings. The molecule has 1 saturated heterocycles. The van der Waals surface area contributed by atoms with Crippen LogP contribution in [0.5, 0.6) is 0 Å². The summed E-state index contributed by atoms with van der Waals surface area (Å²) in [5.41, 5.74) is 1.26. The first-order valence-corrected chi connectivity index (χ1v) is 9.49. The number of anilines is 1. The number of hydrogen-bond acceptors (Lipinski definition) is 2. The molecule has 1 atom stereocenters. The normalized spacial score (nSPS) is 17.8. The molecule has 1 heterocycles. The quantitative estimate of drug-likeness (QED) is 0.744. The standard InChI is InChI=1S/C22H23F3N2O2/c1-14(2)16-6-10-19(11-7-16)27-13-12-26(15(3)20(27)28)21(29)17-4-8-18(9-5-17)22(23,24)25/h4-11,14-15H,12-13H2,1-3H3. The van der Waals surface area contributed by atoms with E-state index in [0.717, 1.165) is 30.0 Å². The van der Waals surface area contributed by atoms with Crippen LogP contribution in [0.2, 0.25) is 0 Å². The molecule has 7 heteroatoms. The summed E-state index contributed by atoms with van der Waals surface area (Å²) < 4.78 is 38.1. The third kappa shape index (κ3) is 4.28. The molecular formula is C22H23F3N2O2. The molecule has 3 rings (SSSR count). The molecule has 0 saturated carbocycles. The fourth-order valence-corrected chi connectivity index (χ4v) is 3.41. The Morgan fingerprint density at radius 3 is 2.10 bits per heavy atom. The van der Waals surface area contributed by atoms with Crippen LogP contribution in [0.25, 0.3) is 0 Å². The van der Waals surface area contributed by atoms with Crippen molar-refractivity contribution in [2.24, 2.45) is 0 Å². The van der Waals surface area contributed by atoms with Crippen molar-refractivity contribution in [3.05, 3.63) is 65.2 Å². The Labute approximate surface area is 167 Å². The molecule has 154 valence electrons. The number of carbonyl (C=O) groups excluding carboxylic acids is 2. The van der Waals surface area contributed by atoms with Crippen LogP contribution in [0.3, 0.4) is 0 Å². The highest BCUT2D eigenvalue weighted by Crippen LogP contribution is 2.30. The molecule has 0 N–H and O–H groups in total. The van der Waals surface area contributed by atoms with Gasteiger partial charge in [0.05, 0.1) is 5.56 Å². The van der Waals surface area contributed by atoms with E-state index in [1.54, 1.807) is 11.8 Å². The van der Waals surface area contributed by atoms with E-state index in [1.807, 2.05) is 24.3 Å². The molecule has 4 nitrogen and oxygen atoms in total. The van der Waals surface area contributed by atoms with Gasteiger partial charge in [-0.1, -0.05) is 26.0 Å². The van der Waals surface area contributed by atoms with Gasteiger partial charge in [-0.3, -0.25) is 9.59 Å². The van der Waals surface area contributed by atoms with Crippen molar-refractivity contribution in [2.45, 2.75) is 38.9 Å². The van der Waals surface area contributed by atoms with Gasteiger partial charge < -0.3 is 9.80 Å². The molecule has 29 heavy (non-hydrogen) atoms. The summed E-state index contributed by atoms with van der Waals surface area (Å²) in [6, 6.07) is 11.1. The van der Waals surface area contributed by atoms with Gasteiger partial charge in [-0.2, -0.15) is 13.2 Å². The van der Waals surface area contributed by atoms with Crippen molar-refractivity contribution < 1.29 is 22.8 Å². The molecule has 1 aliphatic rings. The van der Waals surface area contributed by atoms with Crippen LogP contribution in [-0.4, -0.2) is 35.8 Å². The summed E-state index contributed by atoms with van der Waals surface area (Å²) in [6.07, 6.45) is -4.46. The molecular weight excluding hydrogens is 381 g/mol. The van der Waals surface area contributed by atoms with Gasteiger partial charge in [0.1, 0.15) is 6.04 Å². The number of piperazine rings is 1. The Bertz CT molecular complexity index is 890. The minimum Gasteiger partial charge on any atom is -0.325 e. The van der Waals surface area contributed by atoms with E-state index >= 15 is 0 Å². The van der Waals surface area contributed by atoms with Crippen molar-refractivity contribution >= 4 is 17.5 Å². The van der Waals surface area contributed by atoms with Crippen LogP contribution >= 0.6 is 0 Å². The van der Waals surface area contributed by atoms with Crippen molar-refractivity contribution in [1.82, 2.24) is 4.90 Å². The second-order valence-electron chi connectivity index (χ2n) is 7.49. The molecule has 1 unspecified atom stereocenters. The number of amides is 2. The highest BCUT2D eigenvalue weighted by molar-refractivity contribution is 6.03. The van der Waals surface area contributed by atoms with Crippen LogP contribution in [0.1, 0.15) is 48.2 Å². The first kappa shape index (κ1) is 20.9. The molecule has 0 aliphatic carbocycles. The first-order valence-electron chi connectivity index (χ1n) is 9.49. The van der Waals surface area contributed by atoms with Crippen molar-refractivity contribution in [2.75, 3.05) is 18.0 Å². The van der Waals surface area contributed by atoms with Crippen LogP contribution in [0.4, 0.5) is 18.9 Å². The molecule has 1 aliphatic heterocycles. The van der Waals surface area contributed by atoms with Crippen molar-refractivity contribution in [3.8, 4) is 0 Å². The molecule has 2 aromatic carbocycles. The van der Waals surface area contributed by atoms with Crippen molar-refractivity contribution in [1.29, 1.82) is 0 Å². The molecule has 0 bridgehead atoms. The largest absolute Gasteiger partial charge is 0.416 e. The highest BCUT2D eigenvalue weighted by Gasteiger charge is 2.36. The third-order valence-corrected chi connectivity index (χ3v) is 5.25. The van der Waals surface area contributed by atoms with Gasteiger partial charge in [0, 0.05) is 24.3 Å². The molecule has 1 fully saturated rings. The zero-order valence-electron chi connectivity index (χ0n) is 16.5. The number of carbonyl (C=O) groups is 2. The zero-order valence-corrected chi connectivity index (χ0v) is 16.5. The van der Waals surface area contributed by atoms with Crippen LogP contribution < -0.4 is 4.90 Å². The predicted molar refractivity (Wildman–Crippen MR) is 105 cm³/mol. The maximum Gasteiger partial charge on any atom is 0.416 e. The summed E-state index contributed by atoms with van der Waals surface area (Å²) in [5, 5.41) is 0. The molecule has 0 radical (unpaired) electrons. The van der Waals surface area contributed by atoms with Crippen molar-refractivity contribution in [3.63, 3.8) is 0 Å². The van der Waals surface area contributed by atoms with Gasteiger partial charge in [0.15, 0.2) is 0 Å². The van der Waals surface area contributed by atoms with E-state index in [-0.39, 0.29) is 11.5 Å². The zero-order chi connectivity index (χ0) is 21.3. The van der Waals surface area contributed by atoms with Gasteiger partial charge in [0.2, 0.25) is 5.91 Å². The Morgan fingerprint density at radius 1 is 1.00 bits per heavy atom. The van der Waals surface area contributed by atoms with E-state index in [4.69, 9.17) is 0 Å². The minimum absolute atomic E-state index is 0.132. The third-order valence-electron chi connectivity index (χ3n) is 5.25. The topological polar surface area (TPSA) is 40.6 Å². The van der Waals surface area contributed by atoms with E-state index in [2.05, 4.69) is 13.8 Å². The Balaban J connectivity index is 1.74. The maximum absolute atomic E-state index is 12.9. The van der Waals surface area contributed by atoms with Gasteiger partial charge in [-0.15, -0.1) is 0 Å². The molecule has 0 aromatic heterocycles. The monoisotopic (exact) mass is 404 g/mol. The molecule has 2 amide bonds. The second kappa shape index (κ2) is 7.89. The van der Waals surface area contributed by atoms with E-state index in [9.17, 15) is 22.8 Å². The number of benzene rings is 2. The molecule has 0 spiro atoms. The summed E-state index contributed by atoms with van der Waals surface area (Å²) in [4.78, 5) is 28.7. The number of rotatable bonds is 3. The van der Waals surface area contributed by atoms with E-state index in [1.165, 1.54) is 10.5 Å². The summed E-state index contributed by atoms with van der Waals surface area (Å²) in [6.45, 7) is 6.45. The smallest absolute Gasteiger partial charge is 0.325 e. The van der Waals surface area contributed by atoms with Gasteiger partial charge >= 0.3 is 6.18 Å². The lowest BCUT2D eigenvalue weighted by Gasteiger charge is -2.39. The van der Waals surface area contributed by atoms with E-state index in [0.29, 0.717) is 19.0 Å². The average molecular weight is 404 g/mol. The number of hydrogen-bond donors (Lipinski definition) is 0. The van der Waals surface area contributed by atoms with Gasteiger partial charge in [-0.05, 0) is 54.8 Å². The van der Waals surface area contributed by atoms with Crippen LogP contribution in [0, 0.1) is 0 Å². The second-order valence-corrected chi connectivity index (χ2v) is 7.49.